The normalized spacial score (nSPS) is 22.5. The number of Topliss-reactive ketones (excluding diaryl/α,β-unsaturated/α-hetero) is 1. The van der Waals surface area contributed by atoms with Gasteiger partial charge in [-0.15, -0.1) is 0 Å². The fourth-order valence-corrected chi connectivity index (χ4v) is 10.5. The van der Waals surface area contributed by atoms with Crippen molar-refractivity contribution in [1.82, 2.24) is 0 Å². The maximum absolute atomic E-state index is 13.3. The zero-order valence-corrected chi connectivity index (χ0v) is 41.6. The lowest BCUT2D eigenvalue weighted by atomic mass is 9.70. The van der Waals surface area contributed by atoms with Gasteiger partial charge in [0.1, 0.15) is 0 Å². The summed E-state index contributed by atoms with van der Waals surface area (Å²) in [6.07, 6.45) is 12.4. The van der Waals surface area contributed by atoms with Gasteiger partial charge < -0.3 is 9.47 Å². The van der Waals surface area contributed by atoms with Gasteiger partial charge in [-0.25, -0.2) is 9.69 Å². The van der Waals surface area contributed by atoms with Crippen LogP contribution >= 0.6 is 0 Å². The van der Waals surface area contributed by atoms with Gasteiger partial charge in [0, 0.05) is 35.2 Å². The number of ether oxygens (including phenoxy) is 2. The number of rotatable bonds is 8. The van der Waals surface area contributed by atoms with E-state index in [1.165, 1.54) is 11.1 Å². The standard InChI is InChI=1S/C24H23N3O.C23H23NO2.C7H18N2Si2/c1-3-28-21-9-11-24(12-10-21)15-19-8-7-18(14-22(19)23(24)27-16-25)17-5-4-6-20(13-17)26-2;1-3-26-20-9-11-23(12-10-20)15-18-8-7-17(14-21(18)22(23)25)16-5-4-6-19(13-16)24-2;1-10(2,3)8-7-9-11(4,5)6/h4-8,13-14,21H,3,9-12,15H2,1H3;4-8,13-14,20H,3,9-12,15H2,1H3;1-6H3. The molecule has 0 bridgehead atoms. The van der Waals surface area contributed by atoms with E-state index in [4.69, 9.17) is 22.6 Å². The Morgan fingerprint density at radius 1 is 0.646 bits per heavy atom. The molecule has 336 valence electrons. The van der Waals surface area contributed by atoms with Crippen LogP contribution in [0.3, 0.4) is 0 Å². The highest BCUT2D eigenvalue weighted by Crippen LogP contribution is 2.50. The van der Waals surface area contributed by atoms with Gasteiger partial charge in [0.25, 0.3) is 0 Å². The van der Waals surface area contributed by atoms with Crippen molar-refractivity contribution in [2.24, 2.45) is 25.1 Å². The minimum absolute atomic E-state index is 0.0390. The topological polar surface area (TPSA) is 105 Å². The zero-order valence-electron chi connectivity index (χ0n) is 39.6. The van der Waals surface area contributed by atoms with E-state index in [1.807, 2.05) is 62.4 Å². The summed E-state index contributed by atoms with van der Waals surface area (Å²) in [5, 5.41) is 9.36. The third-order valence-corrected chi connectivity index (χ3v) is 14.4. The molecule has 65 heavy (non-hydrogen) atoms. The van der Waals surface area contributed by atoms with Crippen LogP contribution in [0.1, 0.15) is 92.3 Å². The first-order valence-corrected chi connectivity index (χ1v) is 30.1. The molecule has 4 aliphatic carbocycles. The molecule has 4 aromatic carbocycles. The fourth-order valence-electron chi connectivity index (χ4n) is 9.69. The summed E-state index contributed by atoms with van der Waals surface area (Å²) >= 11 is 0. The number of nitrogens with zero attached hydrogens (tertiary/aromatic N) is 6. The van der Waals surface area contributed by atoms with Crippen molar-refractivity contribution in [3.8, 4) is 28.4 Å². The highest BCUT2D eigenvalue weighted by atomic mass is 28.3. The van der Waals surface area contributed by atoms with Gasteiger partial charge in [-0.1, -0.05) is 60.7 Å². The second-order valence-electron chi connectivity index (χ2n) is 19.8. The van der Waals surface area contributed by atoms with Crippen molar-refractivity contribution in [2.75, 3.05) is 13.2 Å². The van der Waals surface area contributed by atoms with Crippen LogP contribution in [0.2, 0.25) is 39.3 Å². The van der Waals surface area contributed by atoms with Gasteiger partial charge in [-0.05, 0) is 175 Å². The molecule has 0 unspecified atom stereocenters. The molecule has 0 aliphatic heterocycles. The van der Waals surface area contributed by atoms with Gasteiger partial charge in [0.2, 0.25) is 6.19 Å². The summed E-state index contributed by atoms with van der Waals surface area (Å²) in [6, 6.07) is 30.8. The molecule has 2 fully saturated rings. The highest BCUT2D eigenvalue weighted by Gasteiger charge is 2.48. The Hall–Kier alpha value is -5.58. The van der Waals surface area contributed by atoms with Crippen LogP contribution in [0.4, 0.5) is 11.4 Å². The number of carbonyl (C=O) groups is 1. The number of hydrogen-bond acceptors (Lipinski definition) is 7. The lowest BCUT2D eigenvalue weighted by molar-refractivity contribution is 0.00747. The molecule has 8 rings (SSSR count). The number of benzene rings is 4. The lowest BCUT2D eigenvalue weighted by Gasteiger charge is -2.37. The van der Waals surface area contributed by atoms with Crippen molar-refractivity contribution < 1.29 is 14.3 Å². The van der Waals surface area contributed by atoms with Crippen molar-refractivity contribution in [3.05, 3.63) is 130 Å². The molecule has 0 saturated heterocycles. The van der Waals surface area contributed by atoms with Gasteiger partial charge >= 0.3 is 0 Å². The predicted octanol–water partition coefficient (Wildman–Crippen LogP) is 14.1. The molecule has 0 amide bonds. The van der Waals surface area contributed by atoms with Crippen LogP contribution in [0.5, 0.6) is 0 Å². The first-order chi connectivity index (χ1) is 31.0. The van der Waals surface area contributed by atoms with Crippen molar-refractivity contribution in [2.45, 2.75) is 130 Å². The van der Waals surface area contributed by atoms with E-state index >= 15 is 0 Å². The quantitative estimate of drug-likeness (QED) is 0.0760. The number of ketones is 1. The Labute approximate surface area is 389 Å². The Morgan fingerprint density at radius 2 is 1.08 bits per heavy atom. The van der Waals surface area contributed by atoms with E-state index in [0.717, 1.165) is 117 Å². The molecule has 11 heteroatoms. The van der Waals surface area contributed by atoms with Crippen LogP contribution in [0, 0.1) is 35.4 Å². The molecule has 0 atom stereocenters. The Morgan fingerprint density at radius 3 is 1.52 bits per heavy atom. The average Bonchev–Trinajstić information content (AvgIpc) is 3.73. The van der Waals surface area contributed by atoms with Gasteiger partial charge in [-0.2, -0.15) is 10.3 Å². The molecule has 0 aromatic heterocycles. The second kappa shape index (κ2) is 21.2. The second-order valence-corrected chi connectivity index (χ2v) is 29.0. The van der Waals surface area contributed by atoms with E-state index in [1.54, 1.807) is 6.07 Å². The van der Waals surface area contributed by atoms with Crippen LogP contribution in [0.25, 0.3) is 31.9 Å². The Bertz CT molecular complexity index is 2560. The predicted molar refractivity (Wildman–Crippen MR) is 269 cm³/mol. The molecule has 4 aromatic rings. The monoisotopic (exact) mass is 900 g/mol. The van der Waals surface area contributed by atoms with Crippen molar-refractivity contribution >= 4 is 45.3 Å². The molecule has 0 heterocycles. The van der Waals surface area contributed by atoms with E-state index in [9.17, 15) is 10.1 Å². The largest absolute Gasteiger partial charge is 0.379 e. The van der Waals surface area contributed by atoms with E-state index in [0.29, 0.717) is 29.4 Å². The molecular weight excluding hydrogens is 837 g/mol. The van der Waals surface area contributed by atoms with Gasteiger partial charge in [0.15, 0.2) is 33.6 Å². The molecule has 9 nitrogen and oxygen atoms in total. The summed E-state index contributed by atoms with van der Waals surface area (Å²) in [4.78, 5) is 24.6. The summed E-state index contributed by atoms with van der Waals surface area (Å²) in [6.45, 7) is 33.1. The Kier molecular flexibility index (Phi) is 15.9. The molecular formula is C54H64N6O3Si2. The first-order valence-electron chi connectivity index (χ1n) is 23.2. The maximum Gasteiger partial charge on any atom is 0.205 e. The van der Waals surface area contributed by atoms with E-state index in [2.05, 4.69) is 106 Å². The van der Waals surface area contributed by atoms with E-state index < -0.39 is 16.5 Å². The lowest BCUT2D eigenvalue weighted by Crippen LogP contribution is -2.36. The first kappa shape index (κ1) is 48.9. The molecule has 2 saturated carbocycles. The SMILES string of the molecule is C[Si](C)(C)N=C=N[Si](C)(C)C.[C-]#[N+]c1cccc(-c2ccc3c(c2)C(=NC#N)C2(CCC(OCC)CC2)C3)c1.[C-]#[N+]c1cccc(-c2ccc3c(c2)C(=O)C2(CCC(OCC)CC2)C3)c1. The summed E-state index contributed by atoms with van der Waals surface area (Å²) in [7, 11) is -2.63. The average molecular weight is 901 g/mol. The van der Waals surface area contributed by atoms with Crippen molar-refractivity contribution in [1.29, 1.82) is 5.26 Å². The smallest absolute Gasteiger partial charge is 0.205 e. The maximum atomic E-state index is 13.3. The number of hydrogen-bond donors (Lipinski definition) is 0. The van der Waals surface area contributed by atoms with E-state index in [-0.39, 0.29) is 10.8 Å². The van der Waals surface area contributed by atoms with Crippen LogP contribution in [-0.2, 0) is 22.3 Å². The minimum Gasteiger partial charge on any atom is -0.379 e. The molecule has 0 radical (unpaired) electrons. The summed E-state index contributed by atoms with van der Waals surface area (Å²) in [5.74, 6) is 0.311. The fraction of sp³-hybridized carbons (Fsp3) is 0.444. The highest BCUT2D eigenvalue weighted by molar-refractivity contribution is 6.76. The third kappa shape index (κ3) is 12.2. The molecule has 0 N–H and O–H groups in total. The summed E-state index contributed by atoms with van der Waals surface area (Å²) < 4.78 is 20.2. The summed E-state index contributed by atoms with van der Waals surface area (Å²) in [5.41, 5.74) is 10.5. The number of carbonyl (C=O) groups excluding carboxylic acids is 1. The third-order valence-electron chi connectivity index (χ3n) is 12.9. The van der Waals surface area contributed by atoms with Crippen LogP contribution < -0.4 is 0 Å². The number of nitriles is 1. The molecule has 2 spiro atoms. The zero-order chi connectivity index (χ0) is 46.8. The van der Waals surface area contributed by atoms with Gasteiger partial charge in [0.05, 0.1) is 37.1 Å². The van der Waals surface area contributed by atoms with Gasteiger partial charge in [-0.3, -0.25) is 14.1 Å². The van der Waals surface area contributed by atoms with Crippen LogP contribution in [0.15, 0.2) is 99.2 Å². The van der Waals surface area contributed by atoms with Crippen molar-refractivity contribution in [3.63, 3.8) is 0 Å². The Balaban J connectivity index is 0.000000177. The van der Waals surface area contributed by atoms with Crippen LogP contribution in [-0.4, -0.2) is 59.4 Å². The number of aliphatic imine (C=N–C) groups is 1. The number of fused-ring (bicyclic) bond motifs is 2. The molecule has 4 aliphatic rings. The minimum atomic E-state index is -1.31.